The van der Waals surface area contributed by atoms with E-state index in [9.17, 15) is 0 Å². The van der Waals surface area contributed by atoms with Crippen LogP contribution < -0.4 is 0 Å². The predicted molar refractivity (Wildman–Crippen MR) is 162 cm³/mol. The van der Waals surface area contributed by atoms with Gasteiger partial charge in [-0.05, 0) is 88.1 Å². The van der Waals surface area contributed by atoms with Crippen molar-refractivity contribution in [3.8, 4) is 0 Å². The first kappa shape index (κ1) is 27.2. The summed E-state index contributed by atoms with van der Waals surface area (Å²) in [6.07, 6.45) is 1.75. The summed E-state index contributed by atoms with van der Waals surface area (Å²) in [4.78, 5) is 0. The topological polar surface area (TPSA) is 0 Å². The van der Waals surface area contributed by atoms with Gasteiger partial charge in [-0.2, -0.15) is 0 Å². The van der Waals surface area contributed by atoms with Gasteiger partial charge in [-0.1, -0.05) is 132 Å². The van der Waals surface area contributed by atoms with Crippen LogP contribution in [0.4, 0.5) is 0 Å². The molecule has 0 saturated carbocycles. The van der Waals surface area contributed by atoms with Crippen LogP contribution in [0.1, 0.15) is 87.8 Å². The van der Waals surface area contributed by atoms with Gasteiger partial charge in [0.15, 0.2) is 0 Å². The molecule has 0 radical (unpaired) electrons. The summed E-state index contributed by atoms with van der Waals surface area (Å²) in [6, 6.07) is 26.2. The molecule has 3 rings (SSSR count). The van der Waals surface area contributed by atoms with Crippen LogP contribution in [0.5, 0.6) is 0 Å². The predicted octanol–water partition coefficient (Wildman–Crippen LogP) is 10.5. The highest BCUT2D eigenvalue weighted by molar-refractivity contribution is 5.72. The highest BCUT2D eigenvalue weighted by Gasteiger charge is 2.24. The Bertz CT molecular complexity index is 1210. The molecule has 0 fully saturated rings. The maximum Gasteiger partial charge on any atom is -0.00630 e. The molecule has 0 amide bonds. The highest BCUT2D eigenvalue weighted by atomic mass is 14.3. The Morgan fingerprint density at radius 2 is 0.861 bits per heavy atom. The van der Waals surface area contributed by atoms with Crippen molar-refractivity contribution in [1.29, 1.82) is 0 Å². The van der Waals surface area contributed by atoms with Crippen molar-refractivity contribution in [3.63, 3.8) is 0 Å². The molecular formula is C36H42. The molecule has 0 aliphatic carbocycles. The van der Waals surface area contributed by atoms with Crippen LogP contribution in [0.25, 0.3) is 22.3 Å². The molecule has 0 atom stereocenters. The first-order valence-electron chi connectivity index (χ1n) is 12.8. The van der Waals surface area contributed by atoms with E-state index in [0.717, 1.165) is 35.1 Å². The van der Waals surface area contributed by atoms with E-state index in [-0.39, 0.29) is 10.8 Å². The van der Waals surface area contributed by atoms with Crippen LogP contribution in [0.3, 0.4) is 0 Å². The second kappa shape index (κ2) is 10.7. The first-order valence-corrected chi connectivity index (χ1v) is 12.8. The van der Waals surface area contributed by atoms with Crippen molar-refractivity contribution in [2.45, 2.75) is 65.2 Å². The van der Waals surface area contributed by atoms with E-state index in [4.69, 9.17) is 0 Å². The van der Waals surface area contributed by atoms with Gasteiger partial charge in [0, 0.05) is 0 Å². The van der Waals surface area contributed by atoms with Crippen molar-refractivity contribution in [2.24, 2.45) is 0 Å². The van der Waals surface area contributed by atoms with Gasteiger partial charge in [-0.15, -0.1) is 0 Å². The Morgan fingerprint density at radius 1 is 0.528 bits per heavy atom. The third-order valence-corrected chi connectivity index (χ3v) is 7.26. The first-order chi connectivity index (χ1) is 16.8. The van der Waals surface area contributed by atoms with Gasteiger partial charge >= 0.3 is 0 Å². The zero-order valence-corrected chi connectivity index (χ0v) is 23.2. The molecule has 0 nitrogen and oxygen atoms in total. The molecule has 0 aromatic heterocycles. The van der Waals surface area contributed by atoms with E-state index in [1.54, 1.807) is 0 Å². The molecule has 0 aliphatic rings. The van der Waals surface area contributed by atoms with E-state index in [0.29, 0.717) is 0 Å². The quantitative estimate of drug-likeness (QED) is 0.274. The van der Waals surface area contributed by atoms with Crippen molar-refractivity contribution >= 4 is 22.3 Å². The molecule has 0 N–H and O–H groups in total. The molecule has 0 saturated heterocycles. The lowest BCUT2D eigenvalue weighted by Crippen LogP contribution is -2.18. The highest BCUT2D eigenvalue weighted by Crippen LogP contribution is 2.37. The zero-order chi connectivity index (χ0) is 26.7. The zero-order valence-electron chi connectivity index (χ0n) is 23.2. The molecule has 0 heterocycles. The van der Waals surface area contributed by atoms with Crippen LogP contribution in [0, 0.1) is 0 Å². The van der Waals surface area contributed by atoms with Gasteiger partial charge in [-0.3, -0.25) is 0 Å². The standard InChI is InChI=1S/C36H42/c1-25(2)29-14-12-18-33(21-29)35(7,8)23-27(5)31-16-11-17-32(20-31)28(6)24-36(9,10)34-19-13-15-30(22-34)26(3)4/h11-22H,1,3,5-6,23-24H2,2,4,7-10H3. The number of rotatable bonds is 10. The van der Waals surface area contributed by atoms with E-state index in [2.05, 4.69) is 141 Å². The van der Waals surface area contributed by atoms with Crippen molar-refractivity contribution in [2.75, 3.05) is 0 Å². The molecule has 186 valence electrons. The van der Waals surface area contributed by atoms with Crippen LogP contribution >= 0.6 is 0 Å². The van der Waals surface area contributed by atoms with Crippen LogP contribution in [0.15, 0.2) is 99.1 Å². The molecule has 0 spiro atoms. The maximum atomic E-state index is 4.49. The van der Waals surface area contributed by atoms with Crippen molar-refractivity contribution < 1.29 is 0 Å². The summed E-state index contributed by atoms with van der Waals surface area (Å²) in [5.74, 6) is 0. The maximum absolute atomic E-state index is 4.49. The Balaban J connectivity index is 1.78. The molecule has 0 bridgehead atoms. The van der Waals surface area contributed by atoms with Gasteiger partial charge in [0.2, 0.25) is 0 Å². The Kier molecular flexibility index (Phi) is 8.09. The molecule has 0 unspecified atom stereocenters. The van der Waals surface area contributed by atoms with E-state index in [1.165, 1.54) is 33.4 Å². The molecule has 3 aromatic rings. The fraction of sp³-hybridized carbons (Fsp3) is 0.278. The lowest BCUT2D eigenvalue weighted by Gasteiger charge is -2.28. The van der Waals surface area contributed by atoms with E-state index < -0.39 is 0 Å². The van der Waals surface area contributed by atoms with Crippen LogP contribution in [0.2, 0.25) is 0 Å². The van der Waals surface area contributed by atoms with Crippen molar-refractivity contribution in [1.82, 2.24) is 0 Å². The van der Waals surface area contributed by atoms with Gasteiger partial charge in [0.05, 0.1) is 0 Å². The summed E-state index contributed by atoms with van der Waals surface area (Å²) in [6.45, 7) is 30.5. The third-order valence-electron chi connectivity index (χ3n) is 7.26. The average molecular weight is 475 g/mol. The van der Waals surface area contributed by atoms with Crippen LogP contribution in [-0.4, -0.2) is 0 Å². The number of hydrogen-bond donors (Lipinski definition) is 0. The Labute approximate surface area is 219 Å². The molecule has 3 aromatic carbocycles. The van der Waals surface area contributed by atoms with Gasteiger partial charge in [0.1, 0.15) is 0 Å². The molecule has 0 heteroatoms. The normalized spacial score (nSPS) is 11.7. The molecule has 36 heavy (non-hydrogen) atoms. The average Bonchev–Trinajstić information content (AvgIpc) is 2.83. The van der Waals surface area contributed by atoms with Crippen molar-refractivity contribution in [3.05, 3.63) is 132 Å². The fourth-order valence-corrected chi connectivity index (χ4v) is 4.85. The molecule has 0 aliphatic heterocycles. The Morgan fingerprint density at radius 3 is 1.22 bits per heavy atom. The minimum atomic E-state index is -0.0359. The SMILES string of the molecule is C=C(C)c1cccc(C(C)(C)CC(=C)c2cccc(C(=C)CC(C)(C)c3cccc(C(=C)C)c3)c2)c1. The monoisotopic (exact) mass is 474 g/mol. The summed E-state index contributed by atoms with van der Waals surface area (Å²) < 4.78 is 0. The number of benzene rings is 3. The Hall–Kier alpha value is -3.38. The summed E-state index contributed by atoms with van der Waals surface area (Å²) in [5.41, 5.74) is 11.8. The summed E-state index contributed by atoms with van der Waals surface area (Å²) in [5, 5.41) is 0. The van der Waals surface area contributed by atoms with E-state index in [1.807, 2.05) is 0 Å². The summed E-state index contributed by atoms with van der Waals surface area (Å²) in [7, 11) is 0. The lowest BCUT2D eigenvalue weighted by atomic mass is 9.76. The molecular weight excluding hydrogens is 432 g/mol. The van der Waals surface area contributed by atoms with Gasteiger partial charge in [-0.25, -0.2) is 0 Å². The lowest BCUT2D eigenvalue weighted by molar-refractivity contribution is 0.541. The van der Waals surface area contributed by atoms with E-state index >= 15 is 0 Å². The number of hydrogen-bond acceptors (Lipinski definition) is 0. The number of allylic oxidation sites excluding steroid dienone is 4. The van der Waals surface area contributed by atoms with Crippen LogP contribution in [-0.2, 0) is 10.8 Å². The fourth-order valence-electron chi connectivity index (χ4n) is 4.85. The largest absolute Gasteiger partial charge is 0.0955 e. The summed E-state index contributed by atoms with van der Waals surface area (Å²) >= 11 is 0. The smallest absolute Gasteiger partial charge is 0.00630 e. The van der Waals surface area contributed by atoms with Gasteiger partial charge in [0.25, 0.3) is 0 Å². The third kappa shape index (κ3) is 6.43. The second-order valence-corrected chi connectivity index (χ2v) is 11.6. The minimum absolute atomic E-state index is 0.0359. The second-order valence-electron chi connectivity index (χ2n) is 11.6. The van der Waals surface area contributed by atoms with Gasteiger partial charge < -0.3 is 0 Å². The minimum Gasteiger partial charge on any atom is -0.0955 e.